The molecule has 1 aliphatic rings. The van der Waals surface area contributed by atoms with Crippen molar-refractivity contribution in [3.8, 4) is 0 Å². The number of hydrazine groups is 1. The molecule has 1 aromatic rings. The molecule has 0 radical (unpaired) electrons. The van der Waals surface area contributed by atoms with Gasteiger partial charge in [-0.1, -0.05) is 4.48 Å². The molecule has 0 saturated carbocycles. The van der Waals surface area contributed by atoms with E-state index in [4.69, 9.17) is 14.8 Å². The van der Waals surface area contributed by atoms with Gasteiger partial charge in [0.1, 0.15) is 16.3 Å². The van der Waals surface area contributed by atoms with E-state index in [0.29, 0.717) is 18.2 Å². The second kappa shape index (κ2) is 5.41. The Labute approximate surface area is 128 Å². The molecule has 0 unspecified atom stereocenters. The molecule has 0 atom stereocenters. The Bertz CT molecular complexity index is 941. The van der Waals surface area contributed by atoms with E-state index in [1.165, 1.54) is 5.43 Å². The molecule has 0 saturated heterocycles. The predicted molar refractivity (Wildman–Crippen MR) is 71.0 cm³/mol. The van der Waals surface area contributed by atoms with Crippen LogP contribution in [-0.4, -0.2) is 37.0 Å². The lowest BCUT2D eigenvalue weighted by Crippen LogP contribution is -2.35. The number of nitrogens with one attached hydrogen (secondary N) is 1. The van der Waals surface area contributed by atoms with Crippen molar-refractivity contribution in [1.82, 2.24) is 10.8 Å². The molecule has 5 N–H and O–H groups in total. The number of allylic oxidation sites excluding steroid dienone is 1. The van der Waals surface area contributed by atoms with Gasteiger partial charge in [0.05, 0.1) is 4.90 Å². The Morgan fingerprint density at radius 3 is 2.30 bits per heavy atom. The van der Waals surface area contributed by atoms with Gasteiger partial charge in [-0.25, -0.2) is 5.43 Å². The molecular weight excluding hydrogens is 362 g/mol. The number of benzene rings is 1. The second-order valence-electron chi connectivity index (χ2n) is 4.16. The molecule has 2 rings (SSSR count). The summed E-state index contributed by atoms with van der Waals surface area (Å²) in [5.74, 6) is -1.43. The normalized spacial score (nSPS) is 16.2. The van der Waals surface area contributed by atoms with Crippen molar-refractivity contribution >= 4 is 25.9 Å². The van der Waals surface area contributed by atoms with Crippen LogP contribution in [0, 0.1) is 0 Å². The standard InChI is InChI=1S/C9H8F2N4O6S2/c10-9-7(12)8(13-15(11)14-9)5-3-4(22(16,17)18)1-2-6(5)23(19,20)21/h1-3,14H,12H2,(H,16,17,18)(H,19,20,21). The third-order valence-corrected chi connectivity index (χ3v) is 4.41. The Kier molecular flexibility index (Phi) is 4.02. The van der Waals surface area contributed by atoms with Gasteiger partial charge in [-0.15, -0.1) is 5.10 Å². The van der Waals surface area contributed by atoms with Crippen molar-refractivity contribution in [2.24, 2.45) is 10.8 Å². The summed E-state index contributed by atoms with van der Waals surface area (Å²) in [6.07, 6.45) is 0. The summed E-state index contributed by atoms with van der Waals surface area (Å²) in [7, 11) is -9.70. The summed E-state index contributed by atoms with van der Waals surface area (Å²) < 4.78 is 89.6. The van der Waals surface area contributed by atoms with Crippen LogP contribution in [0.15, 0.2) is 44.7 Å². The summed E-state index contributed by atoms with van der Waals surface area (Å²) in [5.41, 5.74) is 4.33. The molecule has 126 valence electrons. The minimum atomic E-state index is -4.92. The van der Waals surface area contributed by atoms with E-state index in [2.05, 4.69) is 5.10 Å². The molecule has 23 heavy (non-hydrogen) atoms. The van der Waals surface area contributed by atoms with Crippen LogP contribution in [0.3, 0.4) is 0 Å². The number of hydrazone groups is 1. The maximum atomic E-state index is 13.4. The first-order valence-electron chi connectivity index (χ1n) is 5.47. The SMILES string of the molecule is NC1=C(F)NN(F)N=C1c1cc(S(=O)(=O)O)ccc1S(=O)(=O)O. The number of nitrogens with zero attached hydrogens (tertiary/aromatic N) is 2. The van der Waals surface area contributed by atoms with Crippen LogP contribution in [-0.2, 0) is 20.2 Å². The van der Waals surface area contributed by atoms with Gasteiger partial charge in [0.25, 0.3) is 20.2 Å². The Hall–Kier alpha value is -2.29. The zero-order valence-corrected chi connectivity index (χ0v) is 12.4. The van der Waals surface area contributed by atoms with Crippen molar-refractivity contribution in [1.29, 1.82) is 0 Å². The first-order valence-corrected chi connectivity index (χ1v) is 8.35. The monoisotopic (exact) mass is 370 g/mol. The number of nitrogens with two attached hydrogens (primary N) is 1. The summed E-state index contributed by atoms with van der Waals surface area (Å²) in [6, 6.07) is 1.80. The first kappa shape index (κ1) is 17.1. The van der Waals surface area contributed by atoms with Gasteiger partial charge in [-0.2, -0.15) is 21.2 Å². The van der Waals surface area contributed by atoms with Crippen LogP contribution < -0.4 is 11.2 Å². The lowest BCUT2D eigenvalue weighted by Gasteiger charge is -2.20. The predicted octanol–water partition coefficient (Wildman–Crippen LogP) is -0.314. The lowest BCUT2D eigenvalue weighted by molar-refractivity contribution is -0.0283. The van der Waals surface area contributed by atoms with Gasteiger partial charge < -0.3 is 5.73 Å². The van der Waals surface area contributed by atoms with E-state index in [1.807, 2.05) is 0 Å². The molecule has 14 heteroatoms. The first-order chi connectivity index (χ1) is 10.4. The summed E-state index contributed by atoms with van der Waals surface area (Å²) in [5, 5.41) is 2.43. The van der Waals surface area contributed by atoms with Crippen LogP contribution in [0.2, 0.25) is 0 Å². The topological polar surface area (TPSA) is 162 Å². The van der Waals surface area contributed by atoms with Crippen LogP contribution in [0.4, 0.5) is 8.87 Å². The van der Waals surface area contributed by atoms with Crippen molar-refractivity contribution in [3.05, 3.63) is 35.4 Å². The largest absolute Gasteiger partial charge is 0.393 e. The third-order valence-electron chi connectivity index (χ3n) is 2.65. The van der Waals surface area contributed by atoms with Crippen molar-refractivity contribution < 1.29 is 34.8 Å². The lowest BCUT2D eigenvalue weighted by atomic mass is 10.1. The molecule has 0 aromatic heterocycles. The van der Waals surface area contributed by atoms with Gasteiger partial charge in [0, 0.05) is 5.56 Å². The van der Waals surface area contributed by atoms with Gasteiger partial charge in [0.2, 0.25) is 5.95 Å². The van der Waals surface area contributed by atoms with Crippen molar-refractivity contribution in [2.45, 2.75) is 9.79 Å². The van der Waals surface area contributed by atoms with E-state index in [-0.39, 0.29) is 0 Å². The maximum Gasteiger partial charge on any atom is 0.295 e. The molecule has 0 amide bonds. The molecule has 0 fully saturated rings. The summed E-state index contributed by atoms with van der Waals surface area (Å²) in [4.78, 5) is -1.73. The van der Waals surface area contributed by atoms with E-state index in [0.717, 1.165) is 0 Å². The zero-order chi connectivity index (χ0) is 17.6. The van der Waals surface area contributed by atoms with Crippen molar-refractivity contribution in [3.63, 3.8) is 0 Å². The Morgan fingerprint density at radius 1 is 1.17 bits per heavy atom. The Morgan fingerprint density at radius 2 is 1.78 bits per heavy atom. The molecule has 1 aromatic carbocycles. The van der Waals surface area contributed by atoms with E-state index in [9.17, 15) is 25.7 Å². The molecular formula is C9H8F2N4O6S2. The molecule has 1 aliphatic heterocycles. The smallest absolute Gasteiger partial charge is 0.295 e. The quantitative estimate of drug-likeness (QED) is 0.317. The van der Waals surface area contributed by atoms with Crippen LogP contribution in [0.5, 0.6) is 0 Å². The Balaban J connectivity index is 2.83. The van der Waals surface area contributed by atoms with Crippen LogP contribution in [0.1, 0.15) is 5.56 Å². The molecule has 0 spiro atoms. The summed E-state index contributed by atoms with van der Waals surface area (Å²) >= 11 is 0. The molecule has 1 heterocycles. The third kappa shape index (κ3) is 3.39. The highest BCUT2D eigenvalue weighted by Gasteiger charge is 2.28. The zero-order valence-electron chi connectivity index (χ0n) is 10.8. The highest BCUT2D eigenvalue weighted by Crippen LogP contribution is 2.25. The van der Waals surface area contributed by atoms with Crippen LogP contribution >= 0.6 is 0 Å². The average Bonchev–Trinajstić information content (AvgIpc) is 2.40. The minimum Gasteiger partial charge on any atom is -0.393 e. The van der Waals surface area contributed by atoms with Gasteiger partial charge in [0.15, 0.2) is 0 Å². The molecule has 10 nitrogen and oxygen atoms in total. The fraction of sp³-hybridized carbons (Fsp3) is 0. The van der Waals surface area contributed by atoms with Gasteiger partial charge in [-0.3, -0.25) is 9.11 Å². The average molecular weight is 370 g/mol. The van der Waals surface area contributed by atoms with Crippen LogP contribution in [0.25, 0.3) is 0 Å². The maximum absolute atomic E-state index is 13.4. The van der Waals surface area contributed by atoms with Crippen molar-refractivity contribution in [2.75, 3.05) is 0 Å². The van der Waals surface area contributed by atoms with E-state index < -0.39 is 58.3 Å². The van der Waals surface area contributed by atoms with Gasteiger partial charge >= 0.3 is 0 Å². The molecule has 0 bridgehead atoms. The van der Waals surface area contributed by atoms with Gasteiger partial charge in [-0.05, 0) is 23.5 Å². The highest BCUT2D eigenvalue weighted by atomic mass is 32.2. The van der Waals surface area contributed by atoms with E-state index in [1.54, 1.807) is 0 Å². The second-order valence-corrected chi connectivity index (χ2v) is 6.97. The number of hydrogen-bond acceptors (Lipinski definition) is 8. The van der Waals surface area contributed by atoms with E-state index >= 15 is 0 Å². The molecule has 0 aliphatic carbocycles. The highest BCUT2D eigenvalue weighted by molar-refractivity contribution is 7.86. The minimum absolute atomic E-state index is 0.538. The number of hydrogen-bond donors (Lipinski definition) is 4. The fourth-order valence-corrected chi connectivity index (χ4v) is 2.87. The summed E-state index contributed by atoms with van der Waals surface area (Å²) in [6.45, 7) is 0. The fourth-order valence-electron chi connectivity index (χ4n) is 1.69. The number of halogens is 2. The number of rotatable bonds is 3.